The van der Waals surface area contributed by atoms with Gasteiger partial charge in [0.25, 0.3) is 0 Å². The molecule has 98 valence electrons. The van der Waals surface area contributed by atoms with Crippen molar-refractivity contribution < 1.29 is 3.07 Å². The highest BCUT2D eigenvalue weighted by Gasteiger charge is 2.75. The number of rotatable bonds is 1. The smallest absolute Gasteiger partial charge is 0.110 e. The number of hydrogen-bond donors (Lipinski definition) is 0. The second-order valence-electron chi connectivity index (χ2n) is 7.77. The third-order valence-electron chi connectivity index (χ3n) is 6.82. The Balaban J connectivity index is 1.99. The van der Waals surface area contributed by atoms with Gasteiger partial charge in [-0.2, -0.15) is 0 Å². The van der Waals surface area contributed by atoms with E-state index in [-0.39, 0.29) is 0 Å². The molecule has 0 bridgehead atoms. The van der Waals surface area contributed by atoms with E-state index in [1.807, 2.05) is 0 Å². The Morgan fingerprint density at radius 1 is 1.12 bits per heavy atom. The SMILES string of the molecule is C[C@H]1[C@@H](OI)C[C@]2(C)CCCC(C)(C)[C@@]23C[C@@H]13. The molecule has 3 saturated carbocycles. The number of halogens is 1. The molecule has 2 heteroatoms. The molecule has 0 radical (unpaired) electrons. The van der Waals surface area contributed by atoms with Crippen LogP contribution in [0.4, 0.5) is 0 Å². The fraction of sp³-hybridized carbons (Fsp3) is 1.00. The monoisotopic (exact) mass is 348 g/mol. The van der Waals surface area contributed by atoms with Crippen LogP contribution in [0.5, 0.6) is 0 Å². The topological polar surface area (TPSA) is 9.23 Å². The molecule has 0 aromatic heterocycles. The molecule has 0 aliphatic heterocycles. The van der Waals surface area contributed by atoms with E-state index in [4.69, 9.17) is 3.07 Å². The minimum atomic E-state index is 0.495. The van der Waals surface area contributed by atoms with Crippen LogP contribution < -0.4 is 0 Å². The largest absolute Gasteiger partial charge is 0.312 e. The zero-order valence-corrected chi connectivity index (χ0v) is 13.7. The van der Waals surface area contributed by atoms with Crippen LogP contribution in [0.25, 0.3) is 0 Å². The summed E-state index contributed by atoms with van der Waals surface area (Å²) in [5, 5.41) is 0. The van der Waals surface area contributed by atoms with Crippen LogP contribution in [0.3, 0.4) is 0 Å². The van der Waals surface area contributed by atoms with Crippen molar-refractivity contribution in [3.63, 3.8) is 0 Å². The predicted molar refractivity (Wildman–Crippen MR) is 79.0 cm³/mol. The van der Waals surface area contributed by atoms with E-state index in [2.05, 4.69) is 50.7 Å². The standard InChI is InChI=1S/C15H25IO/c1-10-11-8-15(11)13(2,3)6-5-7-14(15,4)9-12(10)17-16/h10-12H,5-9H2,1-4H3/t10-,11+,12+,14+,15+/m1/s1. The maximum atomic E-state index is 5.75. The molecule has 3 fully saturated rings. The Morgan fingerprint density at radius 2 is 1.82 bits per heavy atom. The lowest BCUT2D eigenvalue weighted by atomic mass is 9.48. The van der Waals surface area contributed by atoms with Crippen LogP contribution in [0.2, 0.25) is 0 Å². The minimum absolute atomic E-state index is 0.495. The molecule has 0 unspecified atom stereocenters. The fourth-order valence-corrected chi connectivity index (χ4v) is 6.51. The van der Waals surface area contributed by atoms with Crippen molar-refractivity contribution in [2.45, 2.75) is 65.9 Å². The summed E-state index contributed by atoms with van der Waals surface area (Å²) < 4.78 is 5.75. The summed E-state index contributed by atoms with van der Waals surface area (Å²) in [5.41, 5.74) is 1.74. The average molecular weight is 348 g/mol. The Hall–Kier alpha value is 0.690. The molecular formula is C15H25IO. The molecule has 0 saturated heterocycles. The van der Waals surface area contributed by atoms with E-state index in [0.717, 1.165) is 11.8 Å². The van der Waals surface area contributed by atoms with Crippen molar-refractivity contribution in [1.29, 1.82) is 0 Å². The van der Waals surface area contributed by atoms with Crippen molar-refractivity contribution in [3.8, 4) is 0 Å². The zero-order chi connectivity index (χ0) is 12.5. The first-order valence-electron chi connectivity index (χ1n) is 7.15. The summed E-state index contributed by atoms with van der Waals surface area (Å²) in [5.74, 6) is 1.69. The summed E-state index contributed by atoms with van der Waals surface area (Å²) in [4.78, 5) is 0. The van der Waals surface area contributed by atoms with Crippen molar-refractivity contribution >= 4 is 23.0 Å². The molecule has 3 aliphatic rings. The first kappa shape index (κ1) is 12.7. The molecule has 0 N–H and O–H groups in total. The molecule has 0 heterocycles. The molecule has 5 atom stereocenters. The second-order valence-corrected chi connectivity index (χ2v) is 8.28. The summed E-state index contributed by atoms with van der Waals surface area (Å²) in [6.07, 6.45) is 7.53. The lowest BCUT2D eigenvalue weighted by Crippen LogP contribution is -2.52. The Kier molecular flexibility index (Phi) is 2.71. The molecule has 0 aromatic carbocycles. The van der Waals surface area contributed by atoms with Crippen LogP contribution in [-0.4, -0.2) is 6.10 Å². The normalized spacial score (nSPS) is 55.9. The maximum absolute atomic E-state index is 5.75. The summed E-state index contributed by atoms with van der Waals surface area (Å²) in [7, 11) is 0. The second kappa shape index (κ2) is 3.62. The van der Waals surface area contributed by atoms with Gasteiger partial charge in [0, 0.05) is 0 Å². The van der Waals surface area contributed by atoms with Gasteiger partial charge in [-0.3, -0.25) is 0 Å². The van der Waals surface area contributed by atoms with Gasteiger partial charge in [0.15, 0.2) is 0 Å². The number of hydrogen-bond acceptors (Lipinski definition) is 1. The summed E-state index contributed by atoms with van der Waals surface area (Å²) in [6.45, 7) is 10.0. The lowest BCUT2D eigenvalue weighted by Gasteiger charge is -2.57. The van der Waals surface area contributed by atoms with E-state index in [0.29, 0.717) is 22.3 Å². The van der Waals surface area contributed by atoms with Crippen LogP contribution in [-0.2, 0) is 3.07 Å². The van der Waals surface area contributed by atoms with Gasteiger partial charge in [0.2, 0.25) is 0 Å². The first-order chi connectivity index (χ1) is 7.88. The predicted octanol–water partition coefficient (Wildman–Crippen LogP) is 4.98. The Morgan fingerprint density at radius 3 is 2.47 bits per heavy atom. The quantitative estimate of drug-likeness (QED) is 0.607. The van der Waals surface area contributed by atoms with Gasteiger partial charge in [0.05, 0.1) is 6.10 Å². The Bertz CT molecular complexity index is 340. The van der Waals surface area contributed by atoms with E-state index in [1.54, 1.807) is 0 Å². The van der Waals surface area contributed by atoms with Gasteiger partial charge in [-0.25, -0.2) is 0 Å². The van der Waals surface area contributed by atoms with Crippen molar-refractivity contribution in [2.75, 3.05) is 0 Å². The molecule has 3 aliphatic carbocycles. The molecule has 3 rings (SSSR count). The highest BCUT2D eigenvalue weighted by Crippen LogP contribution is 2.81. The van der Waals surface area contributed by atoms with E-state index in [9.17, 15) is 0 Å². The van der Waals surface area contributed by atoms with Gasteiger partial charge < -0.3 is 3.07 Å². The molecule has 0 amide bonds. The van der Waals surface area contributed by atoms with E-state index < -0.39 is 0 Å². The van der Waals surface area contributed by atoms with Crippen LogP contribution in [0.1, 0.15) is 59.8 Å². The van der Waals surface area contributed by atoms with Gasteiger partial charge in [0.1, 0.15) is 23.0 Å². The highest BCUT2D eigenvalue weighted by atomic mass is 127. The minimum Gasteiger partial charge on any atom is -0.312 e. The van der Waals surface area contributed by atoms with E-state index >= 15 is 0 Å². The third-order valence-corrected chi connectivity index (χ3v) is 7.47. The third kappa shape index (κ3) is 1.40. The molecule has 1 spiro atoms. The zero-order valence-electron chi connectivity index (χ0n) is 11.6. The molecule has 17 heavy (non-hydrogen) atoms. The van der Waals surface area contributed by atoms with Gasteiger partial charge >= 0.3 is 0 Å². The summed E-state index contributed by atoms with van der Waals surface area (Å²) in [6, 6.07) is 0. The molecule has 1 nitrogen and oxygen atoms in total. The van der Waals surface area contributed by atoms with Crippen LogP contribution >= 0.6 is 23.0 Å². The summed E-state index contributed by atoms with van der Waals surface area (Å²) >= 11 is 2.13. The van der Waals surface area contributed by atoms with Crippen LogP contribution in [0.15, 0.2) is 0 Å². The van der Waals surface area contributed by atoms with Crippen molar-refractivity contribution in [1.82, 2.24) is 0 Å². The first-order valence-corrected chi connectivity index (χ1v) is 8.03. The molecular weight excluding hydrogens is 323 g/mol. The highest BCUT2D eigenvalue weighted by molar-refractivity contribution is 14.1. The van der Waals surface area contributed by atoms with Crippen molar-refractivity contribution in [2.24, 2.45) is 28.1 Å². The van der Waals surface area contributed by atoms with E-state index in [1.165, 1.54) is 32.1 Å². The average Bonchev–Trinajstić information content (AvgIpc) is 3.00. The van der Waals surface area contributed by atoms with Crippen molar-refractivity contribution in [3.05, 3.63) is 0 Å². The van der Waals surface area contributed by atoms with Gasteiger partial charge in [-0.15, -0.1) is 0 Å². The lowest BCUT2D eigenvalue weighted by molar-refractivity contribution is -0.0976. The van der Waals surface area contributed by atoms with Crippen LogP contribution in [0, 0.1) is 28.1 Å². The fourth-order valence-electron chi connectivity index (χ4n) is 5.86. The van der Waals surface area contributed by atoms with Gasteiger partial charge in [-0.1, -0.05) is 34.1 Å². The van der Waals surface area contributed by atoms with Gasteiger partial charge in [-0.05, 0) is 53.8 Å². The Labute approximate surface area is 120 Å². The molecule has 0 aromatic rings. The maximum Gasteiger partial charge on any atom is 0.110 e.